The molecule has 4 N–H and O–H groups in total. The third kappa shape index (κ3) is 6.73. The van der Waals surface area contributed by atoms with Gasteiger partial charge in [-0.05, 0) is 66.9 Å². The molecule has 7 heteroatoms. The van der Waals surface area contributed by atoms with E-state index >= 15 is 0 Å². The van der Waals surface area contributed by atoms with Crippen molar-refractivity contribution in [3.63, 3.8) is 0 Å². The van der Waals surface area contributed by atoms with E-state index in [0.717, 1.165) is 41.8 Å². The molecule has 0 bridgehead atoms. The Balaban J connectivity index is 1.45. The molecule has 0 heterocycles. The number of carbonyl (C=O) groups is 3. The highest BCUT2D eigenvalue weighted by atomic mass is 32.2. The van der Waals surface area contributed by atoms with Gasteiger partial charge >= 0.3 is 0 Å². The summed E-state index contributed by atoms with van der Waals surface area (Å²) in [6, 6.07) is 23.7. The Kier molecular flexibility index (Phi) is 8.21. The summed E-state index contributed by atoms with van der Waals surface area (Å²) in [5.41, 5.74) is 7.90. The Morgan fingerprint density at radius 1 is 0.771 bits per heavy atom. The van der Waals surface area contributed by atoms with Crippen LogP contribution in [0.15, 0.2) is 83.8 Å². The predicted molar refractivity (Wildman–Crippen MR) is 140 cm³/mol. The monoisotopic (exact) mass is 487 g/mol. The Morgan fingerprint density at radius 2 is 1.37 bits per heavy atom. The largest absolute Gasteiger partial charge is 0.366 e. The minimum Gasteiger partial charge on any atom is -0.366 e. The number of nitrogens with two attached hydrogens (primary N) is 1. The molecule has 3 aromatic rings. The van der Waals surface area contributed by atoms with Crippen LogP contribution in [-0.2, 0) is 9.59 Å². The fourth-order valence-electron chi connectivity index (χ4n) is 4.19. The first-order chi connectivity index (χ1) is 17.0. The SMILES string of the molecule is NC(=O)c1ccc(NC(=O)C(Sc2ccc(NC(=O)C3CCCCC3)cc2)c2ccccc2)cc1. The zero-order valence-corrected chi connectivity index (χ0v) is 20.2. The van der Waals surface area contributed by atoms with Gasteiger partial charge in [-0.25, -0.2) is 0 Å². The van der Waals surface area contributed by atoms with E-state index < -0.39 is 11.2 Å². The van der Waals surface area contributed by atoms with Crippen molar-refractivity contribution >= 4 is 40.9 Å². The van der Waals surface area contributed by atoms with E-state index in [1.165, 1.54) is 18.2 Å². The molecule has 0 aliphatic heterocycles. The van der Waals surface area contributed by atoms with Gasteiger partial charge in [0.25, 0.3) is 0 Å². The molecule has 0 saturated heterocycles. The lowest BCUT2D eigenvalue weighted by Gasteiger charge is -2.21. The number of carbonyl (C=O) groups excluding carboxylic acids is 3. The van der Waals surface area contributed by atoms with Crippen molar-refractivity contribution < 1.29 is 14.4 Å². The number of amides is 3. The van der Waals surface area contributed by atoms with Gasteiger partial charge in [0.15, 0.2) is 0 Å². The molecule has 1 atom stereocenters. The normalized spacial score (nSPS) is 14.6. The Bertz CT molecular complexity index is 1160. The fraction of sp³-hybridized carbons (Fsp3) is 0.250. The first-order valence-electron chi connectivity index (χ1n) is 11.8. The third-order valence-electron chi connectivity index (χ3n) is 6.13. The molecule has 1 aliphatic rings. The maximum Gasteiger partial charge on any atom is 0.248 e. The van der Waals surface area contributed by atoms with Gasteiger partial charge < -0.3 is 16.4 Å². The number of nitrogens with one attached hydrogen (secondary N) is 2. The molecule has 3 aromatic carbocycles. The van der Waals surface area contributed by atoms with Gasteiger partial charge in [0, 0.05) is 27.8 Å². The smallest absolute Gasteiger partial charge is 0.248 e. The summed E-state index contributed by atoms with van der Waals surface area (Å²) in [6.07, 6.45) is 5.36. The standard InChI is InChI=1S/C28H29N3O3S/c29-26(32)20-11-13-22(14-12-20)31-28(34)25(19-7-3-1-4-8-19)35-24-17-15-23(16-18-24)30-27(33)21-9-5-2-6-10-21/h1,3-4,7-8,11-18,21,25H,2,5-6,9-10H2,(H2,29,32)(H,30,33)(H,31,34). The molecule has 1 unspecified atom stereocenters. The molecule has 0 radical (unpaired) electrons. The van der Waals surface area contributed by atoms with E-state index in [1.54, 1.807) is 24.3 Å². The fourth-order valence-corrected chi connectivity index (χ4v) is 5.21. The summed E-state index contributed by atoms with van der Waals surface area (Å²) >= 11 is 1.43. The van der Waals surface area contributed by atoms with Gasteiger partial charge in [-0.1, -0.05) is 49.6 Å². The maximum atomic E-state index is 13.2. The molecule has 3 amide bonds. The van der Waals surface area contributed by atoms with Crippen LogP contribution in [0.1, 0.15) is 53.3 Å². The summed E-state index contributed by atoms with van der Waals surface area (Å²) in [4.78, 5) is 38.0. The number of anilines is 2. The zero-order chi connectivity index (χ0) is 24.6. The van der Waals surface area contributed by atoms with E-state index in [9.17, 15) is 14.4 Å². The minimum absolute atomic E-state index is 0.0917. The molecular formula is C28H29N3O3S. The highest BCUT2D eigenvalue weighted by molar-refractivity contribution is 8.00. The van der Waals surface area contributed by atoms with Gasteiger partial charge in [-0.2, -0.15) is 0 Å². The van der Waals surface area contributed by atoms with E-state index in [1.807, 2.05) is 54.6 Å². The average Bonchev–Trinajstić information content (AvgIpc) is 2.89. The van der Waals surface area contributed by atoms with Crippen molar-refractivity contribution in [2.75, 3.05) is 10.6 Å². The van der Waals surface area contributed by atoms with E-state index in [2.05, 4.69) is 10.6 Å². The van der Waals surface area contributed by atoms with Crippen molar-refractivity contribution in [2.24, 2.45) is 11.7 Å². The molecule has 1 saturated carbocycles. The van der Waals surface area contributed by atoms with Crippen LogP contribution >= 0.6 is 11.8 Å². The zero-order valence-electron chi connectivity index (χ0n) is 19.4. The van der Waals surface area contributed by atoms with Crippen LogP contribution in [0.5, 0.6) is 0 Å². The predicted octanol–water partition coefficient (Wildman–Crippen LogP) is 5.78. The number of hydrogen-bond donors (Lipinski definition) is 3. The van der Waals surface area contributed by atoms with Gasteiger partial charge in [0.05, 0.1) is 0 Å². The number of benzene rings is 3. The quantitative estimate of drug-likeness (QED) is 0.351. The van der Waals surface area contributed by atoms with Gasteiger partial charge in [-0.3, -0.25) is 14.4 Å². The molecule has 0 spiro atoms. The summed E-state index contributed by atoms with van der Waals surface area (Å²) in [6.45, 7) is 0. The molecule has 1 aliphatic carbocycles. The maximum absolute atomic E-state index is 13.2. The minimum atomic E-state index is -0.515. The summed E-state index contributed by atoms with van der Waals surface area (Å²) in [5, 5.41) is 5.47. The first-order valence-corrected chi connectivity index (χ1v) is 12.7. The lowest BCUT2D eigenvalue weighted by Crippen LogP contribution is -2.24. The van der Waals surface area contributed by atoms with Crippen LogP contribution in [-0.4, -0.2) is 17.7 Å². The molecular weight excluding hydrogens is 458 g/mol. The number of rotatable bonds is 8. The highest BCUT2D eigenvalue weighted by Crippen LogP contribution is 2.37. The third-order valence-corrected chi connectivity index (χ3v) is 7.40. The van der Waals surface area contributed by atoms with Crippen LogP contribution in [0.3, 0.4) is 0 Å². The Labute approximate surface area is 209 Å². The molecule has 6 nitrogen and oxygen atoms in total. The van der Waals surface area contributed by atoms with E-state index in [0.29, 0.717) is 11.3 Å². The number of primary amides is 1. The Hall–Kier alpha value is -3.58. The second kappa shape index (κ2) is 11.7. The topological polar surface area (TPSA) is 101 Å². The summed E-state index contributed by atoms with van der Waals surface area (Å²) < 4.78 is 0. The number of hydrogen-bond acceptors (Lipinski definition) is 4. The second-order valence-electron chi connectivity index (χ2n) is 8.69. The molecule has 180 valence electrons. The van der Waals surface area contributed by atoms with E-state index in [4.69, 9.17) is 5.73 Å². The average molecular weight is 488 g/mol. The van der Waals surface area contributed by atoms with Crippen molar-refractivity contribution in [3.05, 3.63) is 90.0 Å². The molecule has 1 fully saturated rings. The molecule has 0 aromatic heterocycles. The van der Waals surface area contributed by atoms with Crippen LogP contribution in [0, 0.1) is 5.92 Å². The van der Waals surface area contributed by atoms with Crippen molar-refractivity contribution in [3.8, 4) is 0 Å². The lowest BCUT2D eigenvalue weighted by molar-refractivity contribution is -0.120. The van der Waals surface area contributed by atoms with Gasteiger partial charge in [0.1, 0.15) is 5.25 Å². The second-order valence-corrected chi connectivity index (χ2v) is 9.87. The van der Waals surface area contributed by atoms with Crippen molar-refractivity contribution in [1.29, 1.82) is 0 Å². The van der Waals surface area contributed by atoms with E-state index in [-0.39, 0.29) is 17.7 Å². The number of thioether (sulfide) groups is 1. The molecule has 4 rings (SSSR count). The highest BCUT2D eigenvalue weighted by Gasteiger charge is 2.23. The summed E-state index contributed by atoms with van der Waals surface area (Å²) in [5.74, 6) is -0.503. The molecule has 35 heavy (non-hydrogen) atoms. The van der Waals surface area contributed by atoms with Gasteiger partial charge in [0.2, 0.25) is 17.7 Å². The van der Waals surface area contributed by atoms with Crippen molar-refractivity contribution in [1.82, 2.24) is 0 Å². The van der Waals surface area contributed by atoms with Crippen LogP contribution in [0.25, 0.3) is 0 Å². The lowest BCUT2D eigenvalue weighted by atomic mass is 9.88. The van der Waals surface area contributed by atoms with Crippen molar-refractivity contribution in [2.45, 2.75) is 42.2 Å². The van der Waals surface area contributed by atoms with Crippen LogP contribution < -0.4 is 16.4 Å². The van der Waals surface area contributed by atoms with Gasteiger partial charge in [-0.15, -0.1) is 11.8 Å². The van der Waals surface area contributed by atoms with Crippen LogP contribution in [0.4, 0.5) is 11.4 Å². The van der Waals surface area contributed by atoms with Crippen LogP contribution in [0.2, 0.25) is 0 Å². The summed E-state index contributed by atoms with van der Waals surface area (Å²) in [7, 11) is 0. The Morgan fingerprint density at radius 3 is 2.00 bits per heavy atom. The first kappa shape index (κ1) is 24.5.